The Morgan fingerprint density at radius 2 is 1.50 bits per heavy atom. The highest BCUT2D eigenvalue weighted by molar-refractivity contribution is 5.88. The lowest BCUT2D eigenvalue weighted by atomic mass is 9.83. The summed E-state index contributed by atoms with van der Waals surface area (Å²) >= 11 is 0. The van der Waals surface area contributed by atoms with Crippen molar-refractivity contribution in [2.24, 2.45) is 0 Å². The van der Waals surface area contributed by atoms with E-state index >= 15 is 0 Å². The Bertz CT molecular complexity index is 852. The van der Waals surface area contributed by atoms with E-state index < -0.39 is 5.41 Å². The Morgan fingerprint density at radius 1 is 0.875 bits per heavy atom. The van der Waals surface area contributed by atoms with Gasteiger partial charge in [0.1, 0.15) is 0 Å². The first-order chi connectivity index (χ1) is 11.5. The van der Waals surface area contributed by atoms with Crippen molar-refractivity contribution in [3.63, 3.8) is 0 Å². The molecule has 0 aliphatic rings. The molecule has 0 saturated carbocycles. The quantitative estimate of drug-likeness (QED) is 0.721. The monoisotopic (exact) mass is 317 g/mol. The lowest BCUT2D eigenvalue weighted by molar-refractivity contribution is -0.126. The molecule has 0 saturated heterocycles. The number of rotatable bonds is 4. The van der Waals surface area contributed by atoms with E-state index in [1.54, 1.807) is 0 Å². The van der Waals surface area contributed by atoms with E-state index in [4.69, 9.17) is 0 Å². The zero-order valence-electron chi connectivity index (χ0n) is 14.4. The molecule has 0 aliphatic carbocycles. The maximum atomic E-state index is 12.8. The Morgan fingerprint density at radius 3 is 2.21 bits per heavy atom. The van der Waals surface area contributed by atoms with E-state index in [-0.39, 0.29) is 11.9 Å². The average Bonchev–Trinajstić information content (AvgIpc) is 2.62. The summed E-state index contributed by atoms with van der Waals surface area (Å²) in [5.74, 6) is 0.0364. The van der Waals surface area contributed by atoms with Gasteiger partial charge in [-0.05, 0) is 48.7 Å². The normalized spacial score (nSPS) is 12.8. The fourth-order valence-corrected chi connectivity index (χ4v) is 2.92. The number of nitrogens with one attached hydrogen (secondary N) is 1. The van der Waals surface area contributed by atoms with Gasteiger partial charge in [-0.2, -0.15) is 0 Å². The van der Waals surface area contributed by atoms with Gasteiger partial charge in [0.25, 0.3) is 0 Å². The Labute approximate surface area is 143 Å². The molecule has 0 radical (unpaired) electrons. The smallest absolute Gasteiger partial charge is 0.230 e. The summed E-state index contributed by atoms with van der Waals surface area (Å²) < 4.78 is 0. The van der Waals surface area contributed by atoms with Crippen LogP contribution in [0.5, 0.6) is 0 Å². The zero-order valence-corrected chi connectivity index (χ0v) is 14.4. The van der Waals surface area contributed by atoms with Crippen molar-refractivity contribution in [1.29, 1.82) is 0 Å². The predicted molar refractivity (Wildman–Crippen MR) is 100.0 cm³/mol. The van der Waals surface area contributed by atoms with E-state index in [0.717, 1.165) is 11.1 Å². The first-order valence-electron chi connectivity index (χ1n) is 8.33. The second kappa shape index (κ2) is 6.48. The number of carbonyl (C=O) groups excluding carboxylic acids is 1. The molecule has 2 heteroatoms. The van der Waals surface area contributed by atoms with Gasteiger partial charge < -0.3 is 5.32 Å². The largest absolute Gasteiger partial charge is 0.349 e. The van der Waals surface area contributed by atoms with Gasteiger partial charge >= 0.3 is 0 Å². The van der Waals surface area contributed by atoms with Crippen LogP contribution in [0.15, 0.2) is 72.8 Å². The van der Waals surface area contributed by atoms with Gasteiger partial charge in [-0.15, -0.1) is 0 Å². The van der Waals surface area contributed by atoms with Crippen molar-refractivity contribution in [3.05, 3.63) is 83.9 Å². The van der Waals surface area contributed by atoms with Gasteiger partial charge in [0.2, 0.25) is 5.91 Å². The third kappa shape index (κ3) is 3.18. The van der Waals surface area contributed by atoms with Crippen LogP contribution in [-0.2, 0) is 10.2 Å². The third-order valence-electron chi connectivity index (χ3n) is 4.68. The molecule has 122 valence electrons. The van der Waals surface area contributed by atoms with Crippen LogP contribution in [-0.4, -0.2) is 5.91 Å². The number of hydrogen-bond acceptors (Lipinski definition) is 1. The molecule has 3 aromatic rings. The average molecular weight is 317 g/mol. The van der Waals surface area contributed by atoms with Crippen LogP contribution in [0.3, 0.4) is 0 Å². The lowest BCUT2D eigenvalue weighted by Gasteiger charge is -2.26. The van der Waals surface area contributed by atoms with Crippen molar-refractivity contribution in [2.75, 3.05) is 0 Å². The van der Waals surface area contributed by atoms with Crippen LogP contribution < -0.4 is 5.32 Å². The lowest BCUT2D eigenvalue weighted by Crippen LogP contribution is -2.41. The molecule has 0 unspecified atom stereocenters. The van der Waals surface area contributed by atoms with Gasteiger partial charge in [0.15, 0.2) is 0 Å². The minimum atomic E-state index is -0.563. The molecule has 0 spiro atoms. The Hall–Kier alpha value is -2.61. The molecule has 24 heavy (non-hydrogen) atoms. The van der Waals surface area contributed by atoms with Crippen LogP contribution in [0, 0.1) is 0 Å². The number of benzene rings is 3. The number of amides is 1. The molecule has 0 aromatic heterocycles. The van der Waals surface area contributed by atoms with E-state index in [9.17, 15) is 4.79 Å². The predicted octanol–water partition coefficient (Wildman–Crippen LogP) is 4.99. The maximum absolute atomic E-state index is 12.8. The molecule has 3 aromatic carbocycles. The van der Waals surface area contributed by atoms with E-state index in [2.05, 4.69) is 35.6 Å². The molecule has 3 rings (SSSR count). The van der Waals surface area contributed by atoms with Gasteiger partial charge in [-0.3, -0.25) is 4.79 Å². The van der Waals surface area contributed by atoms with Crippen LogP contribution in [0.25, 0.3) is 10.8 Å². The summed E-state index contributed by atoms with van der Waals surface area (Å²) in [5.41, 5.74) is 1.57. The highest BCUT2D eigenvalue weighted by atomic mass is 16.2. The molecular weight excluding hydrogens is 294 g/mol. The van der Waals surface area contributed by atoms with Gasteiger partial charge in [-0.25, -0.2) is 0 Å². The minimum Gasteiger partial charge on any atom is -0.349 e. The zero-order chi connectivity index (χ0) is 17.2. The van der Waals surface area contributed by atoms with Crippen LogP contribution in [0.4, 0.5) is 0 Å². The second-order valence-corrected chi connectivity index (χ2v) is 6.79. The standard InChI is InChI=1S/C22H23NO/c1-16(18-14-13-17-9-7-8-10-19(17)15-18)23-21(24)22(2,3)20-11-5-4-6-12-20/h4-16H,1-3H3,(H,23,24)/t16-/m1/s1. The number of hydrogen-bond donors (Lipinski definition) is 1. The van der Waals surface area contributed by atoms with Gasteiger partial charge in [-0.1, -0.05) is 66.7 Å². The van der Waals surface area contributed by atoms with E-state index in [0.29, 0.717) is 0 Å². The van der Waals surface area contributed by atoms with Crippen molar-refractivity contribution >= 4 is 16.7 Å². The highest BCUT2D eigenvalue weighted by Crippen LogP contribution is 2.25. The van der Waals surface area contributed by atoms with Gasteiger partial charge in [0.05, 0.1) is 11.5 Å². The summed E-state index contributed by atoms with van der Waals surface area (Å²) in [5, 5.41) is 5.57. The Balaban J connectivity index is 1.80. The van der Waals surface area contributed by atoms with Gasteiger partial charge in [0, 0.05) is 0 Å². The second-order valence-electron chi connectivity index (χ2n) is 6.79. The minimum absolute atomic E-state index is 0.0364. The summed E-state index contributed by atoms with van der Waals surface area (Å²) in [4.78, 5) is 12.8. The van der Waals surface area contributed by atoms with Crippen LogP contribution in [0.2, 0.25) is 0 Å². The first kappa shape index (κ1) is 16.3. The third-order valence-corrected chi connectivity index (χ3v) is 4.68. The van der Waals surface area contributed by atoms with E-state index in [1.165, 1.54) is 10.8 Å². The molecule has 1 amide bonds. The van der Waals surface area contributed by atoms with Crippen molar-refractivity contribution in [2.45, 2.75) is 32.2 Å². The molecule has 1 N–H and O–H groups in total. The molecule has 0 aliphatic heterocycles. The van der Waals surface area contributed by atoms with Crippen LogP contribution in [0.1, 0.15) is 37.9 Å². The molecule has 2 nitrogen and oxygen atoms in total. The SMILES string of the molecule is C[C@@H](NC(=O)C(C)(C)c1ccccc1)c1ccc2ccccc2c1. The maximum Gasteiger partial charge on any atom is 0.230 e. The topological polar surface area (TPSA) is 29.1 Å². The van der Waals surface area contributed by atoms with Crippen molar-refractivity contribution < 1.29 is 4.79 Å². The fourth-order valence-electron chi connectivity index (χ4n) is 2.92. The highest BCUT2D eigenvalue weighted by Gasteiger charge is 2.30. The fraction of sp³-hybridized carbons (Fsp3) is 0.227. The molecular formula is C22H23NO. The molecule has 1 atom stereocenters. The molecule has 0 heterocycles. The summed E-state index contributed by atoms with van der Waals surface area (Å²) in [6, 6.07) is 24.5. The van der Waals surface area contributed by atoms with Crippen molar-refractivity contribution in [3.8, 4) is 0 Å². The summed E-state index contributed by atoms with van der Waals surface area (Å²) in [6.45, 7) is 5.96. The first-order valence-corrected chi connectivity index (χ1v) is 8.33. The number of fused-ring (bicyclic) bond motifs is 1. The molecule has 0 bridgehead atoms. The van der Waals surface area contributed by atoms with Crippen LogP contribution >= 0.6 is 0 Å². The summed E-state index contributed by atoms with van der Waals surface area (Å²) in [7, 11) is 0. The Kier molecular flexibility index (Phi) is 4.39. The molecule has 0 fully saturated rings. The van der Waals surface area contributed by atoms with Crippen molar-refractivity contribution in [1.82, 2.24) is 5.32 Å². The summed E-state index contributed by atoms with van der Waals surface area (Å²) in [6.07, 6.45) is 0. The number of carbonyl (C=O) groups is 1. The van der Waals surface area contributed by atoms with E-state index in [1.807, 2.05) is 63.2 Å².